The lowest BCUT2D eigenvalue weighted by Gasteiger charge is -2.18. The fourth-order valence-corrected chi connectivity index (χ4v) is 2.35. The molecular formula is C20H23NO5. The van der Waals surface area contributed by atoms with E-state index < -0.39 is 12.6 Å². The fourth-order valence-electron chi connectivity index (χ4n) is 2.35. The Labute approximate surface area is 153 Å². The number of carbonyl (C=O) groups is 2. The largest absolute Gasteiger partial charge is 0.493 e. The second-order valence-electron chi connectivity index (χ2n) is 5.85. The minimum absolute atomic E-state index is 0.0161. The van der Waals surface area contributed by atoms with Crippen LogP contribution in [0.4, 0.5) is 5.69 Å². The first-order valence-corrected chi connectivity index (χ1v) is 8.37. The lowest BCUT2D eigenvalue weighted by molar-refractivity contribution is -0.139. The molecule has 0 aliphatic rings. The van der Waals surface area contributed by atoms with E-state index in [9.17, 15) is 9.59 Å². The maximum atomic E-state index is 12.3. The lowest BCUT2D eigenvalue weighted by atomic mass is 10.2. The number of aryl methyl sites for hydroxylation is 1. The summed E-state index contributed by atoms with van der Waals surface area (Å²) in [5, 5.41) is 8.59. The molecule has 0 unspecified atom stereocenters. The molecule has 0 aliphatic heterocycles. The molecule has 6 heteroatoms. The molecule has 0 saturated heterocycles. The number of carbonyl (C=O) groups excluding carboxylic acids is 1. The standard InChI is InChI=1S/C20H23NO5/c1-15-6-3-4-7-18(15)25-13-5-8-19(22)21(2)16-9-11-17(12-10-16)26-14-20(23)24/h3-4,6-7,9-12H,5,8,13-14H2,1-2H3,(H,23,24). The van der Waals surface area contributed by atoms with Gasteiger partial charge in [0.25, 0.3) is 0 Å². The van der Waals surface area contributed by atoms with Gasteiger partial charge in [-0.1, -0.05) is 18.2 Å². The Morgan fingerprint density at radius 2 is 1.73 bits per heavy atom. The van der Waals surface area contributed by atoms with Crippen LogP contribution in [0.1, 0.15) is 18.4 Å². The van der Waals surface area contributed by atoms with Crippen molar-refractivity contribution in [3.63, 3.8) is 0 Å². The summed E-state index contributed by atoms with van der Waals surface area (Å²) in [7, 11) is 1.71. The smallest absolute Gasteiger partial charge is 0.341 e. The molecule has 0 fully saturated rings. The zero-order valence-corrected chi connectivity index (χ0v) is 15.0. The Balaban J connectivity index is 1.78. The summed E-state index contributed by atoms with van der Waals surface area (Å²) in [4.78, 5) is 24.3. The van der Waals surface area contributed by atoms with Crippen molar-refractivity contribution in [1.29, 1.82) is 0 Å². The van der Waals surface area contributed by atoms with Crippen molar-refractivity contribution in [3.05, 3.63) is 54.1 Å². The van der Waals surface area contributed by atoms with Crippen molar-refractivity contribution in [2.75, 3.05) is 25.2 Å². The third-order valence-corrected chi connectivity index (χ3v) is 3.85. The van der Waals surface area contributed by atoms with E-state index in [2.05, 4.69) is 0 Å². The number of nitrogens with zero attached hydrogens (tertiary/aromatic N) is 1. The molecule has 0 aliphatic carbocycles. The number of aliphatic carboxylic acids is 1. The van der Waals surface area contributed by atoms with Crippen molar-refractivity contribution >= 4 is 17.6 Å². The molecule has 0 atom stereocenters. The van der Waals surface area contributed by atoms with E-state index >= 15 is 0 Å². The predicted octanol–water partition coefficient (Wildman–Crippen LogP) is 3.28. The number of hydrogen-bond donors (Lipinski definition) is 1. The number of anilines is 1. The van der Waals surface area contributed by atoms with E-state index in [1.807, 2.05) is 31.2 Å². The first-order chi connectivity index (χ1) is 12.5. The highest BCUT2D eigenvalue weighted by molar-refractivity contribution is 5.92. The van der Waals surface area contributed by atoms with Gasteiger partial charge in [-0.15, -0.1) is 0 Å². The summed E-state index contributed by atoms with van der Waals surface area (Å²) in [6.45, 7) is 2.07. The Hall–Kier alpha value is -3.02. The molecule has 138 valence electrons. The molecule has 26 heavy (non-hydrogen) atoms. The molecule has 1 N–H and O–H groups in total. The number of benzene rings is 2. The summed E-state index contributed by atoms with van der Waals surface area (Å²) in [5.41, 5.74) is 1.79. The average Bonchev–Trinajstić information content (AvgIpc) is 2.64. The number of rotatable bonds is 9. The highest BCUT2D eigenvalue weighted by Crippen LogP contribution is 2.20. The van der Waals surface area contributed by atoms with Gasteiger partial charge in [0, 0.05) is 19.2 Å². The summed E-state index contributed by atoms with van der Waals surface area (Å²) >= 11 is 0. The van der Waals surface area contributed by atoms with Crippen molar-refractivity contribution < 1.29 is 24.2 Å². The lowest BCUT2D eigenvalue weighted by Crippen LogP contribution is -2.26. The maximum Gasteiger partial charge on any atom is 0.341 e. The SMILES string of the molecule is Cc1ccccc1OCCCC(=O)N(C)c1ccc(OCC(=O)O)cc1. The van der Waals surface area contributed by atoms with Crippen LogP contribution in [0.3, 0.4) is 0 Å². The number of para-hydroxylation sites is 1. The van der Waals surface area contributed by atoms with Crippen LogP contribution in [0.2, 0.25) is 0 Å². The van der Waals surface area contributed by atoms with Gasteiger partial charge < -0.3 is 19.5 Å². The van der Waals surface area contributed by atoms with Gasteiger partial charge in [0.2, 0.25) is 5.91 Å². The molecule has 2 rings (SSSR count). The van der Waals surface area contributed by atoms with Crippen LogP contribution in [-0.2, 0) is 9.59 Å². The maximum absolute atomic E-state index is 12.3. The van der Waals surface area contributed by atoms with Crippen LogP contribution >= 0.6 is 0 Å². The third kappa shape index (κ3) is 5.81. The minimum atomic E-state index is -1.03. The monoisotopic (exact) mass is 357 g/mol. The van der Waals surface area contributed by atoms with Crippen LogP contribution < -0.4 is 14.4 Å². The molecule has 2 aromatic carbocycles. The molecule has 0 bridgehead atoms. The van der Waals surface area contributed by atoms with Crippen molar-refractivity contribution in [3.8, 4) is 11.5 Å². The van der Waals surface area contributed by atoms with Crippen LogP contribution in [0.25, 0.3) is 0 Å². The molecule has 0 heterocycles. The number of carboxylic acid groups (broad SMARTS) is 1. The zero-order valence-electron chi connectivity index (χ0n) is 15.0. The predicted molar refractivity (Wildman–Crippen MR) is 98.9 cm³/mol. The Kier molecular flexibility index (Phi) is 7.02. The van der Waals surface area contributed by atoms with Crippen LogP contribution in [0, 0.1) is 6.92 Å². The molecular weight excluding hydrogens is 334 g/mol. The van der Waals surface area contributed by atoms with E-state index in [-0.39, 0.29) is 5.91 Å². The highest BCUT2D eigenvalue weighted by Gasteiger charge is 2.11. The molecule has 2 aromatic rings. The first kappa shape index (κ1) is 19.3. The Morgan fingerprint density at radius 3 is 2.38 bits per heavy atom. The second-order valence-corrected chi connectivity index (χ2v) is 5.85. The highest BCUT2D eigenvalue weighted by atomic mass is 16.5. The van der Waals surface area contributed by atoms with Gasteiger partial charge >= 0.3 is 5.97 Å². The van der Waals surface area contributed by atoms with E-state index in [1.54, 1.807) is 36.2 Å². The zero-order chi connectivity index (χ0) is 18.9. The fraction of sp³-hybridized carbons (Fsp3) is 0.300. The molecule has 0 aromatic heterocycles. The molecule has 0 spiro atoms. The van der Waals surface area contributed by atoms with E-state index in [0.29, 0.717) is 25.2 Å². The van der Waals surface area contributed by atoms with Crippen molar-refractivity contribution in [1.82, 2.24) is 0 Å². The summed E-state index contributed by atoms with van der Waals surface area (Å²) in [5.74, 6) is 0.237. The summed E-state index contributed by atoms with van der Waals surface area (Å²) in [6, 6.07) is 14.5. The minimum Gasteiger partial charge on any atom is -0.493 e. The quantitative estimate of drug-likeness (QED) is 0.697. The molecule has 6 nitrogen and oxygen atoms in total. The number of ether oxygens (including phenoxy) is 2. The van der Waals surface area contributed by atoms with Gasteiger partial charge in [0.05, 0.1) is 6.61 Å². The van der Waals surface area contributed by atoms with Gasteiger partial charge in [-0.2, -0.15) is 0 Å². The van der Waals surface area contributed by atoms with E-state index in [4.69, 9.17) is 14.6 Å². The topological polar surface area (TPSA) is 76.1 Å². The van der Waals surface area contributed by atoms with Crippen LogP contribution in [0.5, 0.6) is 11.5 Å². The Bertz CT molecular complexity index is 742. The molecule has 0 radical (unpaired) electrons. The molecule has 0 saturated carbocycles. The number of amides is 1. The summed E-state index contributed by atoms with van der Waals surface area (Å²) in [6.07, 6.45) is 0.997. The normalized spacial score (nSPS) is 10.2. The van der Waals surface area contributed by atoms with Gasteiger partial charge in [0.1, 0.15) is 11.5 Å². The first-order valence-electron chi connectivity index (χ1n) is 8.37. The van der Waals surface area contributed by atoms with E-state index in [1.165, 1.54) is 0 Å². The van der Waals surface area contributed by atoms with Gasteiger partial charge in [-0.3, -0.25) is 4.79 Å². The van der Waals surface area contributed by atoms with Gasteiger partial charge in [-0.05, 0) is 49.2 Å². The van der Waals surface area contributed by atoms with Crippen molar-refractivity contribution in [2.24, 2.45) is 0 Å². The van der Waals surface area contributed by atoms with E-state index in [0.717, 1.165) is 17.0 Å². The van der Waals surface area contributed by atoms with Crippen LogP contribution in [-0.4, -0.2) is 37.2 Å². The molecule has 1 amide bonds. The Morgan fingerprint density at radius 1 is 1.04 bits per heavy atom. The van der Waals surface area contributed by atoms with Crippen molar-refractivity contribution in [2.45, 2.75) is 19.8 Å². The number of carboxylic acids is 1. The van der Waals surface area contributed by atoms with Gasteiger partial charge in [-0.25, -0.2) is 4.79 Å². The second kappa shape index (κ2) is 9.46. The van der Waals surface area contributed by atoms with Crippen LogP contribution in [0.15, 0.2) is 48.5 Å². The third-order valence-electron chi connectivity index (χ3n) is 3.85. The van der Waals surface area contributed by atoms with Gasteiger partial charge in [0.15, 0.2) is 6.61 Å². The average molecular weight is 357 g/mol. The summed E-state index contributed by atoms with van der Waals surface area (Å²) < 4.78 is 10.8. The number of hydrogen-bond acceptors (Lipinski definition) is 4.